The van der Waals surface area contributed by atoms with Crippen LogP contribution in [0.15, 0.2) is 42.6 Å². The summed E-state index contributed by atoms with van der Waals surface area (Å²) in [6.45, 7) is -0.141. The summed E-state index contributed by atoms with van der Waals surface area (Å²) >= 11 is 0. The molecule has 8 heteroatoms. The number of imidazole rings is 1. The van der Waals surface area contributed by atoms with Gasteiger partial charge in [0.05, 0.1) is 34.5 Å². The average molecular weight is 345 g/mol. The van der Waals surface area contributed by atoms with Gasteiger partial charge in [-0.05, 0) is 24.3 Å². The van der Waals surface area contributed by atoms with Crippen molar-refractivity contribution in [3.8, 4) is 22.8 Å². The molecule has 0 saturated heterocycles. The van der Waals surface area contributed by atoms with Crippen LogP contribution in [0.4, 0.5) is 0 Å². The minimum atomic E-state index is -0.141. The lowest BCUT2D eigenvalue weighted by atomic mass is 10.1. The van der Waals surface area contributed by atoms with Gasteiger partial charge in [-0.2, -0.15) is 10.2 Å². The number of aliphatic hydroxyl groups is 1. The minimum absolute atomic E-state index is 0.141. The Bertz CT molecular complexity index is 1210. The highest BCUT2D eigenvalue weighted by Gasteiger charge is 2.16. The molecule has 1 aromatic carbocycles. The Hall–Kier alpha value is -3.52. The number of nitrogens with one attached hydrogen (secondary N) is 2. The van der Waals surface area contributed by atoms with Crippen LogP contribution in [0, 0.1) is 0 Å². The summed E-state index contributed by atoms with van der Waals surface area (Å²) in [5, 5.41) is 21.2. The number of hydrogen-bond acceptors (Lipinski definition) is 5. The number of aryl methyl sites for hydroxylation is 1. The molecule has 3 N–H and O–H groups in total. The molecule has 128 valence electrons. The number of hydrogen-bond donors (Lipinski definition) is 3. The van der Waals surface area contributed by atoms with E-state index in [4.69, 9.17) is 4.98 Å². The smallest absolute Gasteiger partial charge is 0.161 e. The second-order valence-corrected chi connectivity index (χ2v) is 6.09. The second-order valence-electron chi connectivity index (χ2n) is 6.09. The average Bonchev–Trinajstić information content (AvgIpc) is 3.36. The maximum Gasteiger partial charge on any atom is 0.161 e. The molecule has 4 heterocycles. The van der Waals surface area contributed by atoms with Crippen molar-refractivity contribution in [1.29, 1.82) is 0 Å². The van der Waals surface area contributed by atoms with E-state index in [1.165, 1.54) is 0 Å². The van der Waals surface area contributed by atoms with Gasteiger partial charge in [0.2, 0.25) is 0 Å². The molecule has 5 rings (SSSR count). The van der Waals surface area contributed by atoms with Crippen LogP contribution < -0.4 is 0 Å². The second kappa shape index (κ2) is 5.50. The Labute approximate surface area is 147 Å². The first-order valence-electron chi connectivity index (χ1n) is 8.17. The predicted octanol–water partition coefficient (Wildman–Crippen LogP) is 2.39. The van der Waals surface area contributed by atoms with Crippen molar-refractivity contribution in [2.24, 2.45) is 7.05 Å². The number of rotatable bonds is 3. The zero-order valence-corrected chi connectivity index (χ0v) is 13.9. The molecule has 0 aliphatic carbocycles. The number of aromatic nitrogens is 7. The fourth-order valence-corrected chi connectivity index (χ4v) is 3.14. The number of fused-ring (bicyclic) bond motifs is 2. The zero-order valence-electron chi connectivity index (χ0n) is 13.9. The quantitative estimate of drug-likeness (QED) is 0.465. The number of pyridine rings is 1. The fourth-order valence-electron chi connectivity index (χ4n) is 3.14. The molecule has 0 aliphatic heterocycles. The van der Waals surface area contributed by atoms with E-state index in [1.807, 2.05) is 49.6 Å². The summed E-state index contributed by atoms with van der Waals surface area (Å²) in [6.07, 6.45) is 1.85. The predicted molar refractivity (Wildman–Crippen MR) is 97.1 cm³/mol. The molecule has 0 saturated carbocycles. The van der Waals surface area contributed by atoms with Crippen LogP contribution >= 0.6 is 0 Å². The van der Waals surface area contributed by atoms with Gasteiger partial charge in [-0.15, -0.1) is 0 Å². The van der Waals surface area contributed by atoms with Gasteiger partial charge in [0.25, 0.3) is 0 Å². The van der Waals surface area contributed by atoms with E-state index in [2.05, 4.69) is 25.3 Å². The SMILES string of the molecule is Cn1cc(-c2ccc3[nH]nc(-c4nc5ccccc5[nH]4)c3n2)c(CO)n1. The molecule has 0 atom stereocenters. The maximum absolute atomic E-state index is 9.54. The van der Waals surface area contributed by atoms with Crippen molar-refractivity contribution >= 4 is 22.1 Å². The molecule has 0 unspecified atom stereocenters. The maximum atomic E-state index is 9.54. The number of benzene rings is 1. The Morgan fingerprint density at radius 3 is 2.81 bits per heavy atom. The van der Waals surface area contributed by atoms with Crippen LogP contribution in [-0.2, 0) is 13.7 Å². The molecule has 5 aromatic rings. The molecule has 0 fully saturated rings. The summed E-state index contributed by atoms with van der Waals surface area (Å²) in [4.78, 5) is 12.7. The highest BCUT2D eigenvalue weighted by molar-refractivity contribution is 5.91. The first kappa shape index (κ1) is 14.8. The van der Waals surface area contributed by atoms with Gasteiger partial charge in [-0.25, -0.2) is 9.97 Å². The highest BCUT2D eigenvalue weighted by Crippen LogP contribution is 2.28. The van der Waals surface area contributed by atoms with Gasteiger partial charge < -0.3 is 10.1 Å². The number of aliphatic hydroxyl groups excluding tert-OH is 1. The van der Waals surface area contributed by atoms with Crippen molar-refractivity contribution in [3.63, 3.8) is 0 Å². The molecule has 0 aliphatic rings. The van der Waals surface area contributed by atoms with Crippen LogP contribution in [0.2, 0.25) is 0 Å². The van der Waals surface area contributed by atoms with Gasteiger partial charge in [0.15, 0.2) is 11.5 Å². The third-order valence-electron chi connectivity index (χ3n) is 4.35. The summed E-state index contributed by atoms with van der Waals surface area (Å²) in [5.74, 6) is 0.663. The van der Waals surface area contributed by atoms with E-state index in [1.54, 1.807) is 4.68 Å². The minimum Gasteiger partial charge on any atom is -0.390 e. The van der Waals surface area contributed by atoms with Crippen molar-refractivity contribution in [2.75, 3.05) is 0 Å². The molecule has 0 bridgehead atoms. The van der Waals surface area contributed by atoms with E-state index in [9.17, 15) is 5.11 Å². The van der Waals surface area contributed by atoms with Crippen molar-refractivity contribution in [1.82, 2.24) is 34.9 Å². The van der Waals surface area contributed by atoms with E-state index in [-0.39, 0.29) is 6.61 Å². The monoisotopic (exact) mass is 345 g/mol. The van der Waals surface area contributed by atoms with Crippen LogP contribution in [0.5, 0.6) is 0 Å². The van der Waals surface area contributed by atoms with Crippen molar-refractivity contribution in [2.45, 2.75) is 6.61 Å². The molecule has 0 spiro atoms. The third-order valence-corrected chi connectivity index (χ3v) is 4.35. The Morgan fingerprint density at radius 1 is 1.08 bits per heavy atom. The lowest BCUT2D eigenvalue weighted by molar-refractivity contribution is 0.276. The van der Waals surface area contributed by atoms with Gasteiger partial charge >= 0.3 is 0 Å². The zero-order chi connectivity index (χ0) is 17.7. The van der Waals surface area contributed by atoms with E-state index < -0.39 is 0 Å². The lowest BCUT2D eigenvalue weighted by Gasteiger charge is -2.00. The van der Waals surface area contributed by atoms with E-state index in [0.717, 1.165) is 27.8 Å². The Balaban J connectivity index is 1.70. The molecule has 8 nitrogen and oxygen atoms in total. The normalized spacial score (nSPS) is 11.6. The molecular weight excluding hydrogens is 330 g/mol. The lowest BCUT2D eigenvalue weighted by Crippen LogP contribution is -1.91. The van der Waals surface area contributed by atoms with Crippen LogP contribution in [0.25, 0.3) is 44.8 Å². The Morgan fingerprint density at radius 2 is 1.96 bits per heavy atom. The van der Waals surface area contributed by atoms with Crippen LogP contribution in [-0.4, -0.2) is 40.0 Å². The first-order valence-corrected chi connectivity index (χ1v) is 8.17. The molecular formula is C18H15N7O. The first-order chi connectivity index (χ1) is 12.7. The summed E-state index contributed by atoms with van der Waals surface area (Å²) in [6, 6.07) is 11.6. The highest BCUT2D eigenvalue weighted by atomic mass is 16.3. The van der Waals surface area contributed by atoms with E-state index in [0.29, 0.717) is 22.7 Å². The van der Waals surface area contributed by atoms with Gasteiger partial charge in [-0.1, -0.05) is 12.1 Å². The summed E-state index contributed by atoms with van der Waals surface area (Å²) in [7, 11) is 1.82. The Kier molecular flexibility index (Phi) is 3.13. The molecule has 0 radical (unpaired) electrons. The third kappa shape index (κ3) is 2.20. The van der Waals surface area contributed by atoms with Crippen molar-refractivity contribution < 1.29 is 5.11 Å². The van der Waals surface area contributed by atoms with Gasteiger partial charge in [0, 0.05) is 18.8 Å². The van der Waals surface area contributed by atoms with Gasteiger partial charge in [0.1, 0.15) is 5.52 Å². The standard InChI is InChI=1S/C18H15N7O/c1-25-8-10(15(9-26)24-25)11-6-7-14-16(19-11)17(23-22-14)18-20-12-4-2-3-5-13(12)21-18/h2-8,26H,9H2,1H3,(H,20,21)(H,22,23). The fraction of sp³-hybridized carbons (Fsp3) is 0.111. The van der Waals surface area contributed by atoms with Crippen LogP contribution in [0.1, 0.15) is 5.69 Å². The number of para-hydroxylation sites is 2. The molecule has 4 aromatic heterocycles. The van der Waals surface area contributed by atoms with E-state index >= 15 is 0 Å². The summed E-state index contributed by atoms with van der Waals surface area (Å²) < 4.78 is 1.67. The summed E-state index contributed by atoms with van der Waals surface area (Å²) in [5.41, 5.74) is 6.14. The van der Waals surface area contributed by atoms with Crippen LogP contribution in [0.3, 0.4) is 0 Å². The van der Waals surface area contributed by atoms with Gasteiger partial charge in [-0.3, -0.25) is 9.78 Å². The number of H-pyrrole nitrogens is 2. The topological polar surface area (TPSA) is 108 Å². The molecule has 0 amide bonds. The largest absolute Gasteiger partial charge is 0.390 e. The number of nitrogens with zero attached hydrogens (tertiary/aromatic N) is 5. The van der Waals surface area contributed by atoms with Crippen molar-refractivity contribution in [3.05, 3.63) is 48.3 Å². The number of aromatic amines is 2. The molecule has 26 heavy (non-hydrogen) atoms.